The molecule has 1 aliphatic rings. The van der Waals surface area contributed by atoms with E-state index in [0.717, 1.165) is 11.4 Å². The second kappa shape index (κ2) is 10.2. The van der Waals surface area contributed by atoms with E-state index in [2.05, 4.69) is 193 Å². The predicted molar refractivity (Wildman–Crippen MR) is 225 cm³/mol. The van der Waals surface area contributed by atoms with Crippen molar-refractivity contribution in [1.82, 2.24) is 9.13 Å². The first-order chi connectivity index (χ1) is 26.1. The van der Waals surface area contributed by atoms with E-state index < -0.39 is 0 Å². The molecule has 0 amide bonds. The minimum atomic E-state index is -0.108. The van der Waals surface area contributed by atoms with Crippen molar-refractivity contribution in [3.05, 3.63) is 181 Å². The van der Waals surface area contributed by atoms with Gasteiger partial charge in [-0.2, -0.15) is 0 Å². The standard InChI is InChI=1S/C51H34N2/c1-51(2)45-23-10-7-20-37(45)42-28-44-43-27-40-35-18-5-3-16-33(35)34-17-4-6-19-36(34)41(40)29-49(43)53(50(44)30-46(42)51)32-15-13-14-31(26-32)52-47-24-11-8-21-38(47)39-22-9-12-25-48(39)52/h3-30H,1-2H3. The number of rotatable bonds is 2. The van der Waals surface area contributed by atoms with E-state index in [1.165, 1.54) is 98.2 Å². The second-order valence-electron chi connectivity index (χ2n) is 15.3. The topological polar surface area (TPSA) is 9.86 Å². The van der Waals surface area contributed by atoms with E-state index in [1.807, 2.05) is 0 Å². The summed E-state index contributed by atoms with van der Waals surface area (Å²) in [6, 6.07) is 63.4. The summed E-state index contributed by atoms with van der Waals surface area (Å²) in [4.78, 5) is 0. The number of benzene rings is 9. The average Bonchev–Trinajstić information content (AvgIpc) is 3.79. The van der Waals surface area contributed by atoms with Crippen LogP contribution < -0.4 is 0 Å². The van der Waals surface area contributed by atoms with Crippen LogP contribution in [0.4, 0.5) is 0 Å². The first kappa shape index (κ1) is 29.0. The molecule has 0 fully saturated rings. The maximum absolute atomic E-state index is 2.53. The Morgan fingerprint density at radius 1 is 0.302 bits per heavy atom. The number of hydrogen-bond acceptors (Lipinski definition) is 0. The second-order valence-corrected chi connectivity index (χ2v) is 15.3. The Kier molecular flexibility index (Phi) is 5.60. The van der Waals surface area contributed by atoms with Crippen molar-refractivity contribution < 1.29 is 0 Å². The first-order valence-electron chi connectivity index (χ1n) is 18.6. The highest BCUT2D eigenvalue weighted by Crippen LogP contribution is 2.51. The van der Waals surface area contributed by atoms with Gasteiger partial charge in [0.1, 0.15) is 0 Å². The molecule has 2 nitrogen and oxygen atoms in total. The Morgan fingerprint density at radius 3 is 1.42 bits per heavy atom. The molecule has 2 heteroatoms. The van der Waals surface area contributed by atoms with Crippen molar-refractivity contribution in [2.45, 2.75) is 19.3 Å². The van der Waals surface area contributed by atoms with Crippen molar-refractivity contribution >= 4 is 75.9 Å². The maximum atomic E-state index is 2.53. The Labute approximate surface area is 306 Å². The van der Waals surface area contributed by atoms with E-state index in [9.17, 15) is 0 Å². The highest BCUT2D eigenvalue weighted by Gasteiger charge is 2.36. The zero-order chi connectivity index (χ0) is 35.0. The number of hydrogen-bond donors (Lipinski definition) is 0. The van der Waals surface area contributed by atoms with Crippen molar-refractivity contribution in [3.63, 3.8) is 0 Å². The van der Waals surface area contributed by atoms with Crippen LogP contribution >= 0.6 is 0 Å². The van der Waals surface area contributed by atoms with Gasteiger partial charge in [-0.15, -0.1) is 0 Å². The van der Waals surface area contributed by atoms with E-state index >= 15 is 0 Å². The molecule has 0 N–H and O–H groups in total. The SMILES string of the molecule is CC1(C)c2ccccc2-c2cc3c4cc5c6ccccc6c6ccccc6c5cc4n(-c4cccc(-n5c6ccccc6c6ccccc65)c4)c3cc21. The Morgan fingerprint density at radius 2 is 0.774 bits per heavy atom. The van der Waals surface area contributed by atoms with Crippen LogP contribution in [0.3, 0.4) is 0 Å². The Hall–Kier alpha value is -6.64. The predicted octanol–water partition coefficient (Wildman–Crippen LogP) is 13.6. The van der Waals surface area contributed by atoms with Gasteiger partial charge in [-0.1, -0.05) is 129 Å². The average molecular weight is 675 g/mol. The minimum Gasteiger partial charge on any atom is -0.309 e. The molecule has 11 aromatic rings. The highest BCUT2D eigenvalue weighted by molar-refractivity contribution is 6.29. The van der Waals surface area contributed by atoms with Crippen LogP contribution in [-0.4, -0.2) is 9.13 Å². The summed E-state index contributed by atoms with van der Waals surface area (Å²) >= 11 is 0. The molecule has 9 aromatic carbocycles. The van der Waals surface area contributed by atoms with Crippen molar-refractivity contribution in [2.24, 2.45) is 0 Å². The zero-order valence-electron chi connectivity index (χ0n) is 29.6. The molecule has 2 aromatic heterocycles. The molecule has 0 aliphatic heterocycles. The maximum Gasteiger partial charge on any atom is 0.0547 e. The van der Waals surface area contributed by atoms with Crippen molar-refractivity contribution in [2.75, 3.05) is 0 Å². The number of nitrogens with zero attached hydrogens (tertiary/aromatic N) is 2. The van der Waals surface area contributed by atoms with Crippen molar-refractivity contribution in [1.29, 1.82) is 0 Å². The number of aromatic nitrogens is 2. The summed E-state index contributed by atoms with van der Waals surface area (Å²) < 4.78 is 4.96. The summed E-state index contributed by atoms with van der Waals surface area (Å²) in [5, 5.41) is 12.9. The highest BCUT2D eigenvalue weighted by atomic mass is 15.0. The molecule has 2 heterocycles. The molecule has 0 atom stereocenters. The summed E-state index contributed by atoms with van der Waals surface area (Å²) in [5.41, 5.74) is 12.6. The number of para-hydroxylation sites is 2. The lowest BCUT2D eigenvalue weighted by atomic mass is 9.82. The van der Waals surface area contributed by atoms with Crippen LogP contribution in [0.5, 0.6) is 0 Å². The summed E-state index contributed by atoms with van der Waals surface area (Å²) in [5.74, 6) is 0. The smallest absolute Gasteiger partial charge is 0.0547 e. The monoisotopic (exact) mass is 674 g/mol. The molecular formula is C51H34N2. The Balaban J connectivity index is 1.23. The normalized spacial score (nSPS) is 13.6. The van der Waals surface area contributed by atoms with Gasteiger partial charge in [0.25, 0.3) is 0 Å². The molecule has 12 rings (SSSR count). The summed E-state index contributed by atoms with van der Waals surface area (Å²) in [6.45, 7) is 4.76. The summed E-state index contributed by atoms with van der Waals surface area (Å²) in [6.07, 6.45) is 0. The molecule has 0 spiro atoms. The lowest BCUT2D eigenvalue weighted by molar-refractivity contribution is 0.661. The van der Waals surface area contributed by atoms with Gasteiger partial charge in [-0.05, 0) is 109 Å². The molecular weight excluding hydrogens is 641 g/mol. The van der Waals surface area contributed by atoms with Gasteiger partial charge in [0.05, 0.1) is 22.1 Å². The van der Waals surface area contributed by atoms with Gasteiger partial charge in [0.2, 0.25) is 0 Å². The summed E-state index contributed by atoms with van der Waals surface area (Å²) in [7, 11) is 0. The fourth-order valence-corrected chi connectivity index (χ4v) is 9.86. The third kappa shape index (κ3) is 3.77. The van der Waals surface area contributed by atoms with Gasteiger partial charge < -0.3 is 9.13 Å². The molecule has 53 heavy (non-hydrogen) atoms. The lowest BCUT2D eigenvalue weighted by Gasteiger charge is -2.21. The van der Waals surface area contributed by atoms with E-state index in [1.54, 1.807) is 0 Å². The molecule has 0 saturated heterocycles. The first-order valence-corrected chi connectivity index (χ1v) is 18.6. The quantitative estimate of drug-likeness (QED) is 0.162. The molecule has 0 saturated carbocycles. The van der Waals surface area contributed by atoms with Gasteiger partial charge >= 0.3 is 0 Å². The van der Waals surface area contributed by atoms with Gasteiger partial charge in [0.15, 0.2) is 0 Å². The van der Waals surface area contributed by atoms with Crippen LogP contribution in [0.2, 0.25) is 0 Å². The van der Waals surface area contributed by atoms with Crippen molar-refractivity contribution in [3.8, 4) is 22.5 Å². The third-order valence-corrected chi connectivity index (χ3v) is 12.3. The molecule has 0 bridgehead atoms. The van der Waals surface area contributed by atoms with E-state index in [0.29, 0.717) is 0 Å². The number of fused-ring (bicyclic) bond motifs is 15. The van der Waals surface area contributed by atoms with E-state index in [-0.39, 0.29) is 5.41 Å². The van der Waals surface area contributed by atoms with Crippen LogP contribution in [0.1, 0.15) is 25.0 Å². The van der Waals surface area contributed by atoms with Crippen LogP contribution in [0.25, 0.3) is 98.4 Å². The van der Waals surface area contributed by atoms with Crippen LogP contribution in [-0.2, 0) is 5.41 Å². The van der Waals surface area contributed by atoms with Crippen LogP contribution in [0.15, 0.2) is 170 Å². The molecule has 0 radical (unpaired) electrons. The molecule has 0 unspecified atom stereocenters. The fraction of sp³-hybridized carbons (Fsp3) is 0.0588. The van der Waals surface area contributed by atoms with Gasteiger partial charge in [-0.3, -0.25) is 0 Å². The third-order valence-electron chi connectivity index (χ3n) is 12.3. The van der Waals surface area contributed by atoms with Gasteiger partial charge in [-0.25, -0.2) is 0 Å². The minimum absolute atomic E-state index is 0.108. The van der Waals surface area contributed by atoms with Crippen LogP contribution in [0, 0.1) is 0 Å². The zero-order valence-corrected chi connectivity index (χ0v) is 29.6. The largest absolute Gasteiger partial charge is 0.309 e. The lowest BCUT2D eigenvalue weighted by Crippen LogP contribution is -2.15. The fourth-order valence-electron chi connectivity index (χ4n) is 9.86. The van der Waals surface area contributed by atoms with E-state index in [4.69, 9.17) is 0 Å². The molecule has 1 aliphatic carbocycles. The Bertz CT molecular complexity index is 3320. The van der Waals surface area contributed by atoms with Gasteiger partial charge in [0, 0.05) is 38.3 Å². The molecule has 248 valence electrons.